The zero-order chi connectivity index (χ0) is 21.0. The van der Waals surface area contributed by atoms with Crippen molar-refractivity contribution in [1.29, 1.82) is 0 Å². The van der Waals surface area contributed by atoms with Crippen LogP contribution in [0.5, 0.6) is 11.5 Å². The summed E-state index contributed by atoms with van der Waals surface area (Å²) in [7, 11) is 1.28. The monoisotopic (exact) mass is 404 g/mol. The molecular weight excluding hydrogens is 386 g/mol. The van der Waals surface area contributed by atoms with Crippen molar-refractivity contribution in [3.8, 4) is 11.5 Å². The van der Waals surface area contributed by atoms with Crippen LogP contribution in [0.15, 0.2) is 42.5 Å². The fourth-order valence-electron chi connectivity index (χ4n) is 2.88. The van der Waals surface area contributed by atoms with E-state index in [0.29, 0.717) is 5.69 Å². The normalized spacial score (nSPS) is 13.7. The van der Waals surface area contributed by atoms with Gasteiger partial charge in [-0.15, -0.1) is 0 Å². The van der Waals surface area contributed by atoms with E-state index in [9.17, 15) is 23.2 Å². The molecule has 1 N–H and O–H groups in total. The van der Waals surface area contributed by atoms with Gasteiger partial charge in [-0.2, -0.15) is 8.78 Å². The lowest BCUT2D eigenvalue weighted by molar-refractivity contribution is -0.139. The minimum absolute atomic E-state index is 0.00763. The molecule has 2 aromatic rings. The number of likely N-dealkylation sites (tertiary alicyclic amines) is 1. The van der Waals surface area contributed by atoms with Gasteiger partial charge in [0.05, 0.1) is 13.7 Å². The molecule has 3 amide bonds. The second-order valence-electron chi connectivity index (χ2n) is 6.27. The first-order chi connectivity index (χ1) is 13.9. The van der Waals surface area contributed by atoms with E-state index < -0.39 is 12.5 Å². The first-order valence-electron chi connectivity index (χ1n) is 8.73. The number of carbonyl (C=O) groups is 3. The Balaban J connectivity index is 1.66. The number of halogens is 2. The smallest absolute Gasteiger partial charge is 0.387 e. The van der Waals surface area contributed by atoms with Gasteiger partial charge >= 0.3 is 6.61 Å². The summed E-state index contributed by atoms with van der Waals surface area (Å²) in [6, 6.07) is 10.6. The molecule has 0 radical (unpaired) electrons. The Morgan fingerprint density at radius 1 is 1.07 bits per heavy atom. The lowest BCUT2D eigenvalue weighted by atomic mass is 10.1. The number of hydrogen-bond donors (Lipinski definition) is 1. The molecule has 0 saturated carbocycles. The molecule has 0 spiro atoms. The van der Waals surface area contributed by atoms with Crippen molar-refractivity contribution in [1.82, 2.24) is 4.90 Å². The van der Waals surface area contributed by atoms with Gasteiger partial charge in [0.1, 0.15) is 0 Å². The molecule has 2 aromatic carbocycles. The average Bonchev–Trinajstić information content (AvgIpc) is 3.01. The van der Waals surface area contributed by atoms with Crippen LogP contribution >= 0.6 is 0 Å². The van der Waals surface area contributed by atoms with Gasteiger partial charge in [-0.3, -0.25) is 19.3 Å². The van der Waals surface area contributed by atoms with E-state index in [1.807, 2.05) is 0 Å². The van der Waals surface area contributed by atoms with E-state index in [2.05, 4.69) is 10.1 Å². The molecule has 3 rings (SSSR count). The number of imide groups is 1. The molecule has 1 heterocycles. The SMILES string of the molecule is COc1cc(C(=O)Nc2ccc(CN3C(=O)CCC3=O)cc2)ccc1OC(F)F. The minimum atomic E-state index is -3.01. The summed E-state index contributed by atoms with van der Waals surface area (Å²) in [4.78, 5) is 37.0. The van der Waals surface area contributed by atoms with Crippen molar-refractivity contribution >= 4 is 23.4 Å². The largest absolute Gasteiger partial charge is 0.493 e. The predicted molar refractivity (Wildman–Crippen MR) is 98.8 cm³/mol. The first-order valence-corrected chi connectivity index (χ1v) is 8.73. The van der Waals surface area contributed by atoms with Crippen molar-refractivity contribution in [2.75, 3.05) is 12.4 Å². The number of benzene rings is 2. The topological polar surface area (TPSA) is 84.9 Å². The van der Waals surface area contributed by atoms with Crippen LogP contribution in [0.2, 0.25) is 0 Å². The fraction of sp³-hybridized carbons (Fsp3) is 0.250. The van der Waals surface area contributed by atoms with Gasteiger partial charge < -0.3 is 14.8 Å². The number of amides is 3. The maximum Gasteiger partial charge on any atom is 0.387 e. The number of rotatable bonds is 7. The molecule has 152 valence electrons. The number of alkyl halides is 2. The van der Waals surface area contributed by atoms with Crippen LogP contribution in [0.25, 0.3) is 0 Å². The van der Waals surface area contributed by atoms with Crippen LogP contribution in [0, 0.1) is 0 Å². The van der Waals surface area contributed by atoms with Gasteiger partial charge in [-0.05, 0) is 35.9 Å². The Kier molecular flexibility index (Phi) is 6.06. The second kappa shape index (κ2) is 8.68. The quantitative estimate of drug-likeness (QED) is 0.717. The highest BCUT2D eigenvalue weighted by molar-refractivity contribution is 6.04. The van der Waals surface area contributed by atoms with Gasteiger partial charge in [0.2, 0.25) is 11.8 Å². The maximum absolute atomic E-state index is 12.4. The van der Waals surface area contributed by atoms with Crippen molar-refractivity contribution < 1.29 is 32.6 Å². The number of methoxy groups -OCH3 is 1. The number of hydrogen-bond acceptors (Lipinski definition) is 5. The number of nitrogens with one attached hydrogen (secondary N) is 1. The average molecular weight is 404 g/mol. The standard InChI is InChI=1S/C20H18F2N2O5/c1-28-16-10-13(4-7-15(16)29-20(21)22)19(27)23-14-5-2-12(3-6-14)11-24-17(25)8-9-18(24)26/h2-7,10,20H,8-9,11H2,1H3,(H,23,27). The third kappa shape index (κ3) is 4.87. The number of ether oxygens (including phenoxy) is 2. The summed E-state index contributed by atoms with van der Waals surface area (Å²) >= 11 is 0. The Morgan fingerprint density at radius 2 is 1.72 bits per heavy atom. The third-order valence-corrected chi connectivity index (χ3v) is 4.35. The Bertz CT molecular complexity index is 915. The zero-order valence-corrected chi connectivity index (χ0v) is 15.5. The Morgan fingerprint density at radius 3 is 2.31 bits per heavy atom. The molecule has 0 atom stereocenters. The highest BCUT2D eigenvalue weighted by Crippen LogP contribution is 2.29. The van der Waals surface area contributed by atoms with Gasteiger partial charge in [0.25, 0.3) is 5.91 Å². The van der Waals surface area contributed by atoms with E-state index in [4.69, 9.17) is 4.74 Å². The number of nitrogens with zero attached hydrogens (tertiary/aromatic N) is 1. The minimum Gasteiger partial charge on any atom is -0.493 e. The molecule has 9 heteroatoms. The summed E-state index contributed by atoms with van der Waals surface area (Å²) in [5, 5.41) is 2.68. The highest BCUT2D eigenvalue weighted by atomic mass is 19.3. The third-order valence-electron chi connectivity index (χ3n) is 4.35. The summed E-state index contributed by atoms with van der Waals surface area (Å²) in [6.45, 7) is -2.82. The Hall–Kier alpha value is -3.49. The molecule has 1 saturated heterocycles. The molecule has 1 fully saturated rings. The molecule has 0 unspecified atom stereocenters. The van der Waals surface area contributed by atoms with Crippen LogP contribution in [-0.2, 0) is 16.1 Å². The number of carbonyl (C=O) groups excluding carboxylic acids is 3. The van der Waals surface area contributed by atoms with Crippen LogP contribution in [0.1, 0.15) is 28.8 Å². The van der Waals surface area contributed by atoms with Crippen LogP contribution in [-0.4, -0.2) is 36.3 Å². The lowest BCUT2D eigenvalue weighted by Crippen LogP contribution is -2.28. The molecule has 1 aliphatic heterocycles. The molecule has 7 nitrogen and oxygen atoms in total. The summed E-state index contributed by atoms with van der Waals surface area (Å²) in [5.74, 6) is -1.02. The molecule has 0 aromatic heterocycles. The van der Waals surface area contributed by atoms with Crippen LogP contribution in [0.3, 0.4) is 0 Å². The second-order valence-corrected chi connectivity index (χ2v) is 6.27. The van der Waals surface area contributed by atoms with Gasteiger partial charge in [0.15, 0.2) is 11.5 Å². The predicted octanol–water partition coefficient (Wildman–Crippen LogP) is 3.20. The zero-order valence-electron chi connectivity index (χ0n) is 15.5. The van der Waals surface area contributed by atoms with Gasteiger partial charge in [-0.25, -0.2) is 0 Å². The van der Waals surface area contributed by atoms with Crippen molar-refractivity contribution in [2.45, 2.75) is 26.0 Å². The fourth-order valence-corrected chi connectivity index (χ4v) is 2.88. The van der Waals surface area contributed by atoms with Crippen molar-refractivity contribution in [3.05, 3.63) is 53.6 Å². The van der Waals surface area contributed by atoms with E-state index in [1.54, 1.807) is 24.3 Å². The molecule has 0 bridgehead atoms. The molecule has 29 heavy (non-hydrogen) atoms. The first kappa shape index (κ1) is 20.2. The van der Waals surface area contributed by atoms with E-state index in [0.717, 1.165) is 5.56 Å². The van der Waals surface area contributed by atoms with Crippen molar-refractivity contribution in [3.63, 3.8) is 0 Å². The lowest BCUT2D eigenvalue weighted by Gasteiger charge is -2.14. The maximum atomic E-state index is 12.4. The summed E-state index contributed by atoms with van der Waals surface area (Å²) in [6.07, 6.45) is 0.467. The molecule has 0 aliphatic carbocycles. The van der Waals surface area contributed by atoms with E-state index >= 15 is 0 Å². The number of anilines is 1. The van der Waals surface area contributed by atoms with Crippen LogP contribution < -0.4 is 14.8 Å². The van der Waals surface area contributed by atoms with E-state index in [1.165, 1.54) is 30.2 Å². The highest BCUT2D eigenvalue weighted by Gasteiger charge is 2.28. The molecule has 1 aliphatic rings. The van der Waals surface area contributed by atoms with Gasteiger partial charge in [0, 0.05) is 24.1 Å². The summed E-state index contributed by atoms with van der Waals surface area (Å²) in [5.41, 5.74) is 1.44. The Labute approximate surface area is 165 Å². The summed E-state index contributed by atoms with van der Waals surface area (Å²) < 4.78 is 34.1. The van der Waals surface area contributed by atoms with E-state index in [-0.39, 0.29) is 48.3 Å². The molecular formula is C20H18F2N2O5. The van der Waals surface area contributed by atoms with Crippen molar-refractivity contribution in [2.24, 2.45) is 0 Å². The van der Waals surface area contributed by atoms with Gasteiger partial charge in [-0.1, -0.05) is 12.1 Å². The van der Waals surface area contributed by atoms with Crippen LogP contribution in [0.4, 0.5) is 14.5 Å².